The van der Waals surface area contributed by atoms with Gasteiger partial charge in [0.15, 0.2) is 0 Å². The van der Waals surface area contributed by atoms with Crippen LogP contribution in [0.5, 0.6) is 0 Å². The maximum absolute atomic E-state index is 12.4. The molecule has 8 heteroatoms. The monoisotopic (exact) mass is 315 g/mol. The summed E-state index contributed by atoms with van der Waals surface area (Å²) in [6.07, 6.45) is -0.226. The van der Waals surface area contributed by atoms with Gasteiger partial charge in [-0.05, 0) is 12.8 Å². The molecule has 1 aromatic heterocycles. The lowest BCUT2D eigenvalue weighted by Crippen LogP contribution is -2.49. The number of piperazine rings is 1. The fourth-order valence-corrected chi connectivity index (χ4v) is 3.02. The van der Waals surface area contributed by atoms with Gasteiger partial charge in [-0.1, -0.05) is 0 Å². The summed E-state index contributed by atoms with van der Waals surface area (Å²) in [4.78, 5) is 14.3. The van der Waals surface area contributed by atoms with Crippen molar-refractivity contribution in [2.24, 2.45) is 0 Å². The SMILES string of the molecule is FC(F)(F)CN1CCN(c2cc(N3CCCC3)ncn2)CC1. The summed E-state index contributed by atoms with van der Waals surface area (Å²) in [5.41, 5.74) is 0. The first kappa shape index (κ1) is 15.3. The van der Waals surface area contributed by atoms with Crippen molar-refractivity contribution in [1.29, 1.82) is 0 Å². The molecule has 0 saturated carbocycles. The lowest BCUT2D eigenvalue weighted by atomic mass is 10.3. The summed E-state index contributed by atoms with van der Waals surface area (Å²) in [5.74, 6) is 1.73. The highest BCUT2D eigenvalue weighted by molar-refractivity contribution is 5.50. The average Bonchev–Trinajstić information content (AvgIpc) is 3.01. The van der Waals surface area contributed by atoms with E-state index in [-0.39, 0.29) is 0 Å². The molecule has 22 heavy (non-hydrogen) atoms. The van der Waals surface area contributed by atoms with Gasteiger partial charge in [0.05, 0.1) is 6.54 Å². The molecule has 1 aromatic rings. The number of anilines is 2. The molecule has 0 aliphatic carbocycles. The first-order chi connectivity index (χ1) is 10.5. The lowest BCUT2D eigenvalue weighted by Gasteiger charge is -2.35. The van der Waals surface area contributed by atoms with E-state index in [0.717, 1.165) is 24.7 Å². The molecule has 0 unspecified atom stereocenters. The summed E-state index contributed by atoms with van der Waals surface area (Å²) in [7, 11) is 0. The number of aromatic nitrogens is 2. The standard InChI is InChI=1S/C14H20F3N5/c15-14(16,17)10-20-5-7-22(8-6-20)13-9-12(18-11-19-13)21-3-1-2-4-21/h9,11H,1-8,10H2. The van der Waals surface area contributed by atoms with Crippen LogP contribution in [0, 0.1) is 0 Å². The Hall–Kier alpha value is -1.57. The molecule has 0 spiro atoms. The second-order valence-corrected chi connectivity index (χ2v) is 5.81. The molecule has 2 saturated heterocycles. The van der Waals surface area contributed by atoms with Crippen molar-refractivity contribution in [2.75, 3.05) is 55.6 Å². The van der Waals surface area contributed by atoms with Crippen molar-refractivity contribution in [3.05, 3.63) is 12.4 Å². The number of hydrogen-bond acceptors (Lipinski definition) is 5. The quantitative estimate of drug-likeness (QED) is 0.849. The predicted octanol–water partition coefficient (Wildman–Crippen LogP) is 1.76. The van der Waals surface area contributed by atoms with Crippen LogP contribution in [-0.4, -0.2) is 66.9 Å². The third kappa shape index (κ3) is 3.79. The van der Waals surface area contributed by atoms with E-state index in [1.54, 1.807) is 6.33 Å². The lowest BCUT2D eigenvalue weighted by molar-refractivity contribution is -0.146. The van der Waals surface area contributed by atoms with E-state index >= 15 is 0 Å². The van der Waals surface area contributed by atoms with Crippen molar-refractivity contribution in [3.63, 3.8) is 0 Å². The Morgan fingerprint density at radius 1 is 0.864 bits per heavy atom. The van der Waals surface area contributed by atoms with Gasteiger partial charge in [-0.25, -0.2) is 9.97 Å². The fourth-order valence-electron chi connectivity index (χ4n) is 3.02. The van der Waals surface area contributed by atoms with Crippen LogP contribution in [0.1, 0.15) is 12.8 Å². The molecule has 0 N–H and O–H groups in total. The molecule has 5 nitrogen and oxygen atoms in total. The van der Waals surface area contributed by atoms with Gasteiger partial charge >= 0.3 is 6.18 Å². The number of hydrogen-bond donors (Lipinski definition) is 0. The van der Waals surface area contributed by atoms with Crippen LogP contribution in [0.3, 0.4) is 0 Å². The molecule has 122 valence electrons. The molecule has 2 fully saturated rings. The van der Waals surface area contributed by atoms with Crippen LogP contribution < -0.4 is 9.80 Å². The minimum atomic E-state index is -4.12. The first-order valence-corrected chi connectivity index (χ1v) is 7.62. The molecule has 2 aliphatic rings. The summed E-state index contributed by atoms with van der Waals surface area (Å²) in [5, 5.41) is 0. The minimum absolute atomic E-state index is 0.405. The first-order valence-electron chi connectivity index (χ1n) is 7.62. The summed E-state index contributed by atoms with van der Waals surface area (Å²) >= 11 is 0. The van der Waals surface area contributed by atoms with E-state index in [2.05, 4.69) is 14.9 Å². The van der Waals surface area contributed by atoms with E-state index in [9.17, 15) is 13.2 Å². The second kappa shape index (κ2) is 6.28. The van der Waals surface area contributed by atoms with Crippen molar-refractivity contribution in [1.82, 2.24) is 14.9 Å². The highest BCUT2D eigenvalue weighted by Crippen LogP contribution is 2.23. The zero-order valence-electron chi connectivity index (χ0n) is 12.4. The molecule has 0 bridgehead atoms. The van der Waals surface area contributed by atoms with E-state index in [1.807, 2.05) is 11.0 Å². The van der Waals surface area contributed by atoms with Gasteiger partial charge in [0.25, 0.3) is 0 Å². The highest BCUT2D eigenvalue weighted by atomic mass is 19.4. The molecular formula is C14H20F3N5. The zero-order chi connectivity index (χ0) is 15.6. The molecule has 0 atom stereocenters. The third-order valence-corrected chi connectivity index (χ3v) is 4.17. The van der Waals surface area contributed by atoms with Crippen molar-refractivity contribution >= 4 is 11.6 Å². The Balaban J connectivity index is 1.60. The smallest absolute Gasteiger partial charge is 0.356 e. The maximum atomic E-state index is 12.4. The van der Waals surface area contributed by atoms with Gasteiger partial charge in [0, 0.05) is 45.3 Å². The molecular weight excluding hydrogens is 295 g/mol. The van der Waals surface area contributed by atoms with E-state index < -0.39 is 12.7 Å². The molecule has 3 heterocycles. The van der Waals surface area contributed by atoms with Crippen molar-refractivity contribution in [2.45, 2.75) is 19.0 Å². The molecule has 0 aromatic carbocycles. The summed E-state index contributed by atoms with van der Waals surface area (Å²) in [6.45, 7) is 3.12. The molecule has 0 amide bonds. The van der Waals surface area contributed by atoms with Crippen LogP contribution in [-0.2, 0) is 0 Å². The van der Waals surface area contributed by atoms with Gasteiger partial charge < -0.3 is 9.80 Å². The third-order valence-electron chi connectivity index (χ3n) is 4.17. The summed E-state index contributed by atoms with van der Waals surface area (Å²) < 4.78 is 37.2. The van der Waals surface area contributed by atoms with E-state index in [4.69, 9.17) is 0 Å². The largest absolute Gasteiger partial charge is 0.401 e. The van der Waals surface area contributed by atoms with E-state index in [1.165, 1.54) is 17.7 Å². The van der Waals surface area contributed by atoms with Crippen LogP contribution in [0.2, 0.25) is 0 Å². The van der Waals surface area contributed by atoms with Gasteiger partial charge in [-0.2, -0.15) is 13.2 Å². The number of alkyl halides is 3. The number of halogens is 3. The van der Waals surface area contributed by atoms with E-state index in [0.29, 0.717) is 26.2 Å². The topological polar surface area (TPSA) is 35.5 Å². The Kier molecular flexibility index (Phi) is 4.37. The van der Waals surface area contributed by atoms with Gasteiger partial charge in [0.1, 0.15) is 18.0 Å². The van der Waals surface area contributed by atoms with Gasteiger partial charge in [-0.15, -0.1) is 0 Å². The molecule has 3 rings (SSSR count). The van der Waals surface area contributed by atoms with Gasteiger partial charge in [0.2, 0.25) is 0 Å². The van der Waals surface area contributed by atoms with Crippen molar-refractivity contribution < 1.29 is 13.2 Å². The highest BCUT2D eigenvalue weighted by Gasteiger charge is 2.32. The Labute approximate surface area is 127 Å². The Morgan fingerprint density at radius 2 is 1.41 bits per heavy atom. The van der Waals surface area contributed by atoms with Crippen LogP contribution >= 0.6 is 0 Å². The number of rotatable bonds is 3. The average molecular weight is 315 g/mol. The predicted molar refractivity (Wildman–Crippen MR) is 78.2 cm³/mol. The van der Waals surface area contributed by atoms with Crippen molar-refractivity contribution in [3.8, 4) is 0 Å². The number of nitrogens with zero attached hydrogens (tertiary/aromatic N) is 5. The minimum Gasteiger partial charge on any atom is -0.356 e. The van der Waals surface area contributed by atoms with Gasteiger partial charge in [-0.3, -0.25) is 4.90 Å². The normalized spacial score (nSPS) is 20.7. The van der Waals surface area contributed by atoms with Crippen LogP contribution in [0.25, 0.3) is 0 Å². The summed E-state index contributed by atoms with van der Waals surface area (Å²) in [6, 6.07) is 1.95. The Bertz CT molecular complexity index is 493. The molecule has 2 aliphatic heterocycles. The Morgan fingerprint density at radius 3 is 1.95 bits per heavy atom. The second-order valence-electron chi connectivity index (χ2n) is 5.81. The molecule has 0 radical (unpaired) electrons. The zero-order valence-corrected chi connectivity index (χ0v) is 12.4. The van der Waals surface area contributed by atoms with Crippen LogP contribution in [0.15, 0.2) is 12.4 Å². The fraction of sp³-hybridized carbons (Fsp3) is 0.714. The van der Waals surface area contributed by atoms with Crippen LogP contribution in [0.4, 0.5) is 24.8 Å². The maximum Gasteiger partial charge on any atom is 0.401 e.